The van der Waals surface area contributed by atoms with Crippen molar-refractivity contribution in [3.05, 3.63) is 33.4 Å². The summed E-state index contributed by atoms with van der Waals surface area (Å²) in [5.41, 5.74) is 8.50. The molecule has 1 aliphatic rings. The van der Waals surface area contributed by atoms with Crippen LogP contribution >= 0.6 is 11.6 Å². The van der Waals surface area contributed by atoms with E-state index in [1.165, 1.54) is 46.2 Å². The van der Waals surface area contributed by atoms with E-state index in [-0.39, 0.29) is 5.38 Å². The second-order valence-corrected chi connectivity index (χ2v) is 5.75. The van der Waals surface area contributed by atoms with Crippen LogP contribution in [-0.2, 0) is 0 Å². The molecule has 2 rings (SSSR count). The van der Waals surface area contributed by atoms with Crippen molar-refractivity contribution in [2.45, 2.75) is 52.8 Å². The van der Waals surface area contributed by atoms with Crippen molar-refractivity contribution in [2.24, 2.45) is 5.92 Å². The van der Waals surface area contributed by atoms with Gasteiger partial charge in [-0.25, -0.2) is 0 Å². The van der Waals surface area contributed by atoms with Crippen molar-refractivity contribution >= 4 is 11.6 Å². The maximum absolute atomic E-state index is 6.61. The van der Waals surface area contributed by atoms with Crippen molar-refractivity contribution in [3.8, 4) is 0 Å². The standard InChI is InChI=1S/C15H21Cl/c1-8-9(2)11(4)14(12(5)10(8)3)15(16)13-6-7-13/h13,15H,6-7H2,1-5H3. The van der Waals surface area contributed by atoms with E-state index in [2.05, 4.69) is 34.6 Å². The van der Waals surface area contributed by atoms with Gasteiger partial charge in [-0.1, -0.05) is 0 Å². The Morgan fingerprint density at radius 1 is 0.812 bits per heavy atom. The van der Waals surface area contributed by atoms with Gasteiger partial charge in [0.1, 0.15) is 0 Å². The molecule has 0 aromatic heterocycles. The summed E-state index contributed by atoms with van der Waals surface area (Å²) in [5, 5.41) is 0.234. The monoisotopic (exact) mass is 236 g/mol. The summed E-state index contributed by atoms with van der Waals surface area (Å²) in [6, 6.07) is 0. The Balaban J connectivity index is 2.59. The lowest BCUT2D eigenvalue weighted by Crippen LogP contribution is -2.06. The van der Waals surface area contributed by atoms with E-state index in [9.17, 15) is 0 Å². The first-order valence-electron chi connectivity index (χ1n) is 6.16. The minimum Gasteiger partial charge on any atom is -0.118 e. The molecule has 1 fully saturated rings. The lowest BCUT2D eigenvalue weighted by atomic mass is 9.87. The molecule has 0 saturated heterocycles. The fourth-order valence-corrected chi connectivity index (χ4v) is 3.15. The lowest BCUT2D eigenvalue weighted by Gasteiger charge is -2.21. The molecule has 1 aliphatic carbocycles. The average molecular weight is 237 g/mol. The summed E-state index contributed by atoms with van der Waals surface area (Å²) in [5.74, 6) is 0.723. The van der Waals surface area contributed by atoms with Gasteiger partial charge >= 0.3 is 0 Å². The number of alkyl halides is 1. The Morgan fingerprint density at radius 2 is 1.19 bits per heavy atom. The highest BCUT2D eigenvalue weighted by atomic mass is 35.5. The molecular weight excluding hydrogens is 216 g/mol. The zero-order chi connectivity index (χ0) is 12.0. The smallest absolute Gasteiger partial charge is 0.0618 e. The van der Waals surface area contributed by atoms with Crippen molar-refractivity contribution in [1.29, 1.82) is 0 Å². The second kappa shape index (κ2) is 4.07. The van der Waals surface area contributed by atoms with Gasteiger partial charge in [-0.15, -0.1) is 11.6 Å². The zero-order valence-corrected chi connectivity index (χ0v) is 11.7. The van der Waals surface area contributed by atoms with E-state index in [4.69, 9.17) is 11.6 Å². The summed E-state index contributed by atoms with van der Waals surface area (Å²) < 4.78 is 0. The molecule has 0 amide bonds. The summed E-state index contributed by atoms with van der Waals surface area (Å²) in [4.78, 5) is 0. The van der Waals surface area contributed by atoms with Crippen LogP contribution in [0.2, 0.25) is 0 Å². The molecule has 0 heterocycles. The Morgan fingerprint density at radius 3 is 1.56 bits per heavy atom. The molecule has 0 radical (unpaired) electrons. The van der Waals surface area contributed by atoms with Crippen molar-refractivity contribution in [2.75, 3.05) is 0 Å². The Bertz CT molecular complexity index is 399. The number of benzene rings is 1. The summed E-state index contributed by atoms with van der Waals surface area (Å²) in [7, 11) is 0. The van der Waals surface area contributed by atoms with Gasteiger partial charge in [-0.2, -0.15) is 0 Å². The minimum atomic E-state index is 0.234. The fourth-order valence-electron chi connectivity index (χ4n) is 2.57. The van der Waals surface area contributed by atoms with Gasteiger partial charge in [0.15, 0.2) is 0 Å². The van der Waals surface area contributed by atoms with Crippen LogP contribution in [0.25, 0.3) is 0 Å². The second-order valence-electron chi connectivity index (χ2n) is 5.28. The maximum Gasteiger partial charge on any atom is 0.0618 e. The summed E-state index contributed by atoms with van der Waals surface area (Å²) in [6.07, 6.45) is 2.61. The third-order valence-corrected chi connectivity index (χ3v) is 4.94. The quantitative estimate of drug-likeness (QED) is 0.640. The van der Waals surface area contributed by atoms with Gasteiger partial charge in [0.2, 0.25) is 0 Å². The average Bonchev–Trinajstić information content (AvgIpc) is 3.07. The van der Waals surface area contributed by atoms with Crippen molar-refractivity contribution < 1.29 is 0 Å². The van der Waals surface area contributed by atoms with Crippen molar-refractivity contribution in [3.63, 3.8) is 0 Å². The van der Waals surface area contributed by atoms with Crippen LogP contribution in [0, 0.1) is 40.5 Å². The van der Waals surface area contributed by atoms with Gasteiger partial charge in [0, 0.05) is 0 Å². The van der Waals surface area contributed by atoms with Gasteiger partial charge in [0.05, 0.1) is 5.38 Å². The predicted octanol–water partition coefficient (Wildman–Crippen LogP) is 4.92. The molecule has 1 aromatic rings. The highest BCUT2D eigenvalue weighted by molar-refractivity contribution is 6.21. The highest BCUT2D eigenvalue weighted by Crippen LogP contribution is 2.48. The molecule has 16 heavy (non-hydrogen) atoms. The first-order valence-corrected chi connectivity index (χ1v) is 6.59. The summed E-state index contributed by atoms with van der Waals surface area (Å²) >= 11 is 6.61. The van der Waals surface area contributed by atoms with E-state index >= 15 is 0 Å². The predicted molar refractivity (Wildman–Crippen MR) is 71.4 cm³/mol. The molecule has 0 N–H and O–H groups in total. The van der Waals surface area contributed by atoms with Crippen LogP contribution in [0.5, 0.6) is 0 Å². The van der Waals surface area contributed by atoms with Crippen LogP contribution in [0.1, 0.15) is 51.6 Å². The van der Waals surface area contributed by atoms with Gasteiger partial charge in [-0.3, -0.25) is 0 Å². The third kappa shape index (κ3) is 1.78. The minimum absolute atomic E-state index is 0.234. The molecule has 1 saturated carbocycles. The molecule has 0 spiro atoms. The lowest BCUT2D eigenvalue weighted by molar-refractivity contribution is 0.781. The fraction of sp³-hybridized carbons (Fsp3) is 0.600. The first-order chi connectivity index (χ1) is 7.45. The molecule has 1 heteroatoms. The molecule has 1 unspecified atom stereocenters. The topological polar surface area (TPSA) is 0 Å². The molecular formula is C15H21Cl. The van der Waals surface area contributed by atoms with Gasteiger partial charge in [-0.05, 0) is 86.8 Å². The van der Waals surface area contributed by atoms with Gasteiger partial charge < -0.3 is 0 Å². The summed E-state index contributed by atoms with van der Waals surface area (Å²) in [6.45, 7) is 11.1. The largest absolute Gasteiger partial charge is 0.118 e. The third-order valence-electron chi connectivity index (χ3n) is 4.37. The number of rotatable bonds is 2. The first kappa shape index (κ1) is 12.0. The van der Waals surface area contributed by atoms with E-state index in [1.807, 2.05) is 0 Å². The highest BCUT2D eigenvalue weighted by Gasteiger charge is 2.33. The zero-order valence-electron chi connectivity index (χ0n) is 10.9. The molecule has 0 bridgehead atoms. The van der Waals surface area contributed by atoms with Crippen LogP contribution in [0.4, 0.5) is 0 Å². The van der Waals surface area contributed by atoms with Crippen LogP contribution in [-0.4, -0.2) is 0 Å². The Labute approximate surface area is 104 Å². The molecule has 0 aliphatic heterocycles. The number of hydrogen-bond acceptors (Lipinski definition) is 0. The SMILES string of the molecule is Cc1c(C)c(C)c(C(Cl)C2CC2)c(C)c1C. The van der Waals surface area contributed by atoms with E-state index in [1.54, 1.807) is 0 Å². The van der Waals surface area contributed by atoms with E-state index in [0.717, 1.165) is 5.92 Å². The Hall–Kier alpha value is -0.490. The molecule has 1 aromatic carbocycles. The van der Waals surface area contributed by atoms with Crippen molar-refractivity contribution in [1.82, 2.24) is 0 Å². The Kier molecular flexibility index (Phi) is 3.05. The van der Waals surface area contributed by atoms with Crippen LogP contribution < -0.4 is 0 Å². The normalized spacial score (nSPS) is 17.6. The van der Waals surface area contributed by atoms with Crippen LogP contribution in [0.3, 0.4) is 0 Å². The van der Waals surface area contributed by atoms with E-state index < -0.39 is 0 Å². The maximum atomic E-state index is 6.61. The number of hydrogen-bond donors (Lipinski definition) is 0. The molecule has 0 nitrogen and oxygen atoms in total. The number of halogens is 1. The van der Waals surface area contributed by atoms with Gasteiger partial charge in [0.25, 0.3) is 0 Å². The molecule has 88 valence electrons. The van der Waals surface area contributed by atoms with E-state index in [0.29, 0.717) is 0 Å². The molecule has 1 atom stereocenters. The van der Waals surface area contributed by atoms with Crippen LogP contribution in [0.15, 0.2) is 0 Å².